The number of methoxy groups -OCH3 is 1. The number of likely N-dealkylation sites (tertiary alicyclic amines) is 1. The first-order chi connectivity index (χ1) is 12.6. The molecule has 2 aliphatic rings. The van der Waals surface area contributed by atoms with E-state index in [4.69, 9.17) is 9.47 Å². The third-order valence-electron chi connectivity index (χ3n) is 5.50. The molecule has 1 aliphatic carbocycles. The van der Waals surface area contributed by atoms with Crippen LogP contribution in [-0.2, 0) is 4.79 Å². The molecule has 1 saturated carbocycles. The molecule has 4 nitrogen and oxygen atoms in total. The fraction of sp³-hybridized carbons (Fsp3) is 0.591. The number of hydrogen-bond donors (Lipinski definition) is 0. The summed E-state index contributed by atoms with van der Waals surface area (Å²) in [6, 6.07) is 6.23. The number of carbonyl (C=O) groups is 1. The molecule has 26 heavy (non-hydrogen) atoms. The van der Waals surface area contributed by atoms with Crippen LogP contribution in [-0.4, -0.2) is 36.6 Å². The van der Waals surface area contributed by atoms with Gasteiger partial charge in [-0.15, -0.1) is 0 Å². The van der Waals surface area contributed by atoms with Crippen LogP contribution in [0.2, 0.25) is 0 Å². The Morgan fingerprint density at radius 1 is 1.15 bits per heavy atom. The predicted molar refractivity (Wildman–Crippen MR) is 104 cm³/mol. The quantitative estimate of drug-likeness (QED) is 0.719. The monoisotopic (exact) mass is 357 g/mol. The van der Waals surface area contributed by atoms with Crippen molar-refractivity contribution in [3.8, 4) is 11.5 Å². The van der Waals surface area contributed by atoms with E-state index in [0.29, 0.717) is 17.7 Å². The lowest BCUT2D eigenvalue weighted by Gasteiger charge is -2.43. The fourth-order valence-electron chi connectivity index (χ4n) is 4.30. The van der Waals surface area contributed by atoms with Gasteiger partial charge in [0.15, 0.2) is 11.5 Å². The molecule has 3 rings (SSSR count). The van der Waals surface area contributed by atoms with E-state index in [9.17, 15) is 4.79 Å². The Bertz CT molecular complexity index is 651. The van der Waals surface area contributed by atoms with Crippen molar-refractivity contribution in [2.45, 2.75) is 64.5 Å². The van der Waals surface area contributed by atoms with Gasteiger partial charge >= 0.3 is 0 Å². The third-order valence-corrected chi connectivity index (χ3v) is 5.50. The van der Waals surface area contributed by atoms with E-state index in [2.05, 4.69) is 4.90 Å². The summed E-state index contributed by atoms with van der Waals surface area (Å²) < 4.78 is 11.2. The van der Waals surface area contributed by atoms with Crippen LogP contribution in [0.25, 0.3) is 6.08 Å². The van der Waals surface area contributed by atoms with Crippen molar-refractivity contribution in [2.75, 3.05) is 13.7 Å². The smallest absolute Gasteiger partial charge is 0.246 e. The highest BCUT2D eigenvalue weighted by Crippen LogP contribution is 2.35. The first-order valence-corrected chi connectivity index (χ1v) is 9.92. The Kier molecular flexibility index (Phi) is 6.23. The summed E-state index contributed by atoms with van der Waals surface area (Å²) >= 11 is 0. The normalized spacial score (nSPS) is 23.2. The van der Waals surface area contributed by atoms with Crippen molar-refractivity contribution in [3.63, 3.8) is 0 Å². The molecule has 1 heterocycles. The molecule has 0 N–H and O–H groups in total. The van der Waals surface area contributed by atoms with Crippen molar-refractivity contribution in [1.29, 1.82) is 0 Å². The number of hydrogen-bond acceptors (Lipinski definition) is 3. The fourth-order valence-corrected chi connectivity index (χ4v) is 4.30. The van der Waals surface area contributed by atoms with Gasteiger partial charge in [0, 0.05) is 18.7 Å². The molecular formula is C22H31NO3. The number of nitrogens with zero attached hydrogens (tertiary/aromatic N) is 1. The molecule has 0 bridgehead atoms. The summed E-state index contributed by atoms with van der Waals surface area (Å²) in [5.41, 5.74) is 0.948. The molecular weight excluding hydrogens is 326 g/mol. The maximum Gasteiger partial charge on any atom is 0.246 e. The van der Waals surface area contributed by atoms with Crippen molar-refractivity contribution in [1.82, 2.24) is 4.90 Å². The van der Waals surface area contributed by atoms with Crippen LogP contribution >= 0.6 is 0 Å². The van der Waals surface area contributed by atoms with Crippen molar-refractivity contribution in [2.24, 2.45) is 5.92 Å². The average molecular weight is 357 g/mol. The van der Waals surface area contributed by atoms with E-state index < -0.39 is 0 Å². The molecule has 1 saturated heterocycles. The third kappa shape index (κ3) is 4.40. The highest BCUT2D eigenvalue weighted by Gasteiger charge is 2.34. The van der Waals surface area contributed by atoms with Gasteiger partial charge in [0.2, 0.25) is 5.91 Å². The van der Waals surface area contributed by atoms with Gasteiger partial charge in [-0.05, 0) is 69.2 Å². The minimum Gasteiger partial charge on any atom is -0.493 e. The van der Waals surface area contributed by atoms with Crippen LogP contribution in [0.1, 0.15) is 57.9 Å². The van der Waals surface area contributed by atoms with Crippen LogP contribution in [0.4, 0.5) is 0 Å². The Labute approximate surface area is 157 Å². The summed E-state index contributed by atoms with van der Waals surface area (Å²) in [7, 11) is 1.64. The second kappa shape index (κ2) is 8.61. The summed E-state index contributed by atoms with van der Waals surface area (Å²) in [6.45, 7) is 4.88. The first-order valence-electron chi connectivity index (χ1n) is 9.92. The molecule has 0 aromatic heterocycles. The molecule has 0 spiro atoms. The summed E-state index contributed by atoms with van der Waals surface area (Å²) in [6.07, 6.45) is 11.1. The van der Waals surface area contributed by atoms with Crippen LogP contribution in [0.3, 0.4) is 0 Å². The van der Waals surface area contributed by atoms with Gasteiger partial charge in [-0.1, -0.05) is 18.9 Å². The van der Waals surface area contributed by atoms with Gasteiger partial charge in [-0.2, -0.15) is 0 Å². The number of ether oxygens (including phenoxy) is 2. The van der Waals surface area contributed by atoms with Crippen LogP contribution < -0.4 is 9.47 Å². The highest BCUT2D eigenvalue weighted by atomic mass is 16.5. The van der Waals surface area contributed by atoms with Crippen LogP contribution in [0, 0.1) is 5.92 Å². The van der Waals surface area contributed by atoms with Crippen molar-refractivity contribution in [3.05, 3.63) is 29.8 Å². The molecule has 2 fully saturated rings. The number of amides is 1. The van der Waals surface area contributed by atoms with E-state index >= 15 is 0 Å². The Hall–Kier alpha value is -1.97. The predicted octanol–water partition coefficient (Wildman–Crippen LogP) is 4.68. The first kappa shape index (κ1) is 18.8. The number of carbonyl (C=O) groups excluding carboxylic acids is 1. The van der Waals surface area contributed by atoms with Crippen molar-refractivity contribution < 1.29 is 14.3 Å². The number of fused-ring (bicyclic) bond motifs is 1. The summed E-state index contributed by atoms with van der Waals surface area (Å²) in [5, 5.41) is 0. The lowest BCUT2D eigenvalue weighted by atomic mass is 9.78. The largest absolute Gasteiger partial charge is 0.493 e. The lowest BCUT2D eigenvalue weighted by molar-refractivity contribution is -0.132. The van der Waals surface area contributed by atoms with Crippen LogP contribution in [0.5, 0.6) is 11.5 Å². The molecule has 0 radical (unpaired) electrons. The van der Waals surface area contributed by atoms with E-state index in [1.165, 1.54) is 32.1 Å². The molecule has 2 atom stereocenters. The average Bonchev–Trinajstić information content (AvgIpc) is 2.66. The molecule has 1 amide bonds. The SMILES string of the molecule is COc1cc(/C=C/C(=O)N2CCCC3CCCCC32)ccc1OC(C)C. The molecule has 2 unspecified atom stereocenters. The second-order valence-corrected chi connectivity index (χ2v) is 7.70. The maximum absolute atomic E-state index is 12.8. The highest BCUT2D eigenvalue weighted by molar-refractivity contribution is 5.92. The minimum absolute atomic E-state index is 0.0920. The Morgan fingerprint density at radius 2 is 1.92 bits per heavy atom. The van der Waals surface area contributed by atoms with Gasteiger partial charge in [-0.3, -0.25) is 4.79 Å². The topological polar surface area (TPSA) is 38.8 Å². The molecule has 4 heteroatoms. The van der Waals surface area contributed by atoms with Crippen molar-refractivity contribution >= 4 is 12.0 Å². The van der Waals surface area contributed by atoms with Crippen LogP contribution in [0.15, 0.2) is 24.3 Å². The zero-order valence-corrected chi connectivity index (χ0v) is 16.2. The van der Waals surface area contributed by atoms with Gasteiger partial charge in [0.25, 0.3) is 0 Å². The van der Waals surface area contributed by atoms with Gasteiger partial charge in [0.1, 0.15) is 0 Å². The molecule has 1 aliphatic heterocycles. The number of piperidine rings is 1. The van der Waals surface area contributed by atoms with E-state index in [1.54, 1.807) is 13.2 Å². The van der Waals surface area contributed by atoms with Gasteiger partial charge in [-0.25, -0.2) is 0 Å². The maximum atomic E-state index is 12.8. The molecule has 1 aromatic carbocycles. The summed E-state index contributed by atoms with van der Waals surface area (Å²) in [5.74, 6) is 2.27. The van der Waals surface area contributed by atoms with E-state index in [-0.39, 0.29) is 12.0 Å². The zero-order chi connectivity index (χ0) is 18.5. The lowest BCUT2D eigenvalue weighted by Crippen LogP contribution is -2.49. The zero-order valence-electron chi connectivity index (χ0n) is 16.2. The van der Waals surface area contributed by atoms with Gasteiger partial charge < -0.3 is 14.4 Å². The van der Waals surface area contributed by atoms with E-state index in [1.807, 2.05) is 38.1 Å². The molecule has 142 valence electrons. The Morgan fingerprint density at radius 3 is 2.69 bits per heavy atom. The number of rotatable bonds is 5. The molecule has 1 aromatic rings. The standard InChI is InChI=1S/C22H31NO3/c1-16(2)26-20-12-10-17(15-21(20)25-3)11-13-22(24)23-14-6-8-18-7-4-5-9-19(18)23/h10-13,15-16,18-19H,4-9,14H2,1-3H3/b13-11+. The van der Waals surface area contributed by atoms with E-state index in [0.717, 1.165) is 24.3 Å². The Balaban J connectivity index is 1.69. The summed E-state index contributed by atoms with van der Waals surface area (Å²) in [4.78, 5) is 14.9. The van der Waals surface area contributed by atoms with Gasteiger partial charge in [0.05, 0.1) is 13.2 Å². The number of benzene rings is 1. The minimum atomic E-state index is 0.0920. The second-order valence-electron chi connectivity index (χ2n) is 7.70.